The molecule has 3 heteroatoms. The largest absolute Gasteiger partial charge is 0.310 e. The molecule has 0 saturated heterocycles. The van der Waals surface area contributed by atoms with E-state index < -0.39 is 0 Å². The predicted molar refractivity (Wildman–Crippen MR) is 43.6 cm³/mol. The van der Waals surface area contributed by atoms with Crippen molar-refractivity contribution in [3.8, 4) is 0 Å². The first-order valence-electron chi connectivity index (χ1n) is 3.79. The van der Waals surface area contributed by atoms with Gasteiger partial charge in [0.2, 0.25) is 0 Å². The van der Waals surface area contributed by atoms with Crippen LogP contribution in [0.4, 0.5) is 0 Å². The van der Waals surface area contributed by atoms with Gasteiger partial charge in [0, 0.05) is 18.2 Å². The van der Waals surface area contributed by atoms with Gasteiger partial charge in [-0.05, 0) is 6.42 Å². The molecule has 3 nitrogen and oxygen atoms in total. The molecular formula is C8H12N2O. The summed E-state index contributed by atoms with van der Waals surface area (Å²) in [5.41, 5.74) is -0.0738. The monoisotopic (exact) mass is 152 g/mol. The van der Waals surface area contributed by atoms with Crippen molar-refractivity contribution in [3.63, 3.8) is 0 Å². The molecule has 11 heavy (non-hydrogen) atoms. The molecule has 1 rings (SSSR count). The Hall–Kier alpha value is -1.12. The van der Waals surface area contributed by atoms with E-state index in [1.165, 1.54) is 6.07 Å². The molecule has 0 spiro atoms. The first kappa shape index (κ1) is 7.98. The van der Waals surface area contributed by atoms with Crippen LogP contribution in [0.1, 0.15) is 32.0 Å². The molecule has 0 aliphatic carbocycles. The van der Waals surface area contributed by atoms with E-state index in [0.29, 0.717) is 5.92 Å². The molecule has 1 atom stereocenters. The van der Waals surface area contributed by atoms with E-state index in [-0.39, 0.29) is 5.56 Å². The third-order valence-electron chi connectivity index (χ3n) is 1.77. The van der Waals surface area contributed by atoms with Crippen LogP contribution in [0.25, 0.3) is 0 Å². The average molecular weight is 152 g/mol. The fourth-order valence-corrected chi connectivity index (χ4v) is 0.829. The summed E-state index contributed by atoms with van der Waals surface area (Å²) in [6.45, 7) is 4.11. The molecule has 0 saturated carbocycles. The molecule has 1 heterocycles. The van der Waals surface area contributed by atoms with Crippen molar-refractivity contribution in [1.82, 2.24) is 9.97 Å². The molecule has 1 aromatic heterocycles. The summed E-state index contributed by atoms with van der Waals surface area (Å²) < 4.78 is 0. The zero-order chi connectivity index (χ0) is 8.27. The summed E-state index contributed by atoms with van der Waals surface area (Å²) in [5, 5.41) is 0. The number of aromatic nitrogens is 2. The van der Waals surface area contributed by atoms with Crippen LogP contribution in [0.5, 0.6) is 0 Å². The second-order valence-electron chi connectivity index (χ2n) is 2.63. The number of aromatic amines is 1. The lowest BCUT2D eigenvalue weighted by Gasteiger charge is -2.04. The highest BCUT2D eigenvalue weighted by Crippen LogP contribution is 2.10. The Bertz CT molecular complexity index is 279. The molecule has 0 aliphatic rings. The smallest absolute Gasteiger partial charge is 0.250 e. The van der Waals surface area contributed by atoms with Gasteiger partial charge in [-0.2, -0.15) is 0 Å². The van der Waals surface area contributed by atoms with E-state index in [4.69, 9.17) is 0 Å². The molecular weight excluding hydrogens is 140 g/mol. The van der Waals surface area contributed by atoms with Crippen LogP contribution in [0, 0.1) is 0 Å². The van der Waals surface area contributed by atoms with Gasteiger partial charge in [0.15, 0.2) is 0 Å². The van der Waals surface area contributed by atoms with Crippen molar-refractivity contribution < 1.29 is 0 Å². The van der Waals surface area contributed by atoms with Crippen LogP contribution < -0.4 is 5.56 Å². The minimum Gasteiger partial charge on any atom is -0.310 e. The van der Waals surface area contributed by atoms with Crippen LogP contribution in [0.3, 0.4) is 0 Å². The number of hydrogen-bond donors (Lipinski definition) is 1. The molecule has 60 valence electrons. The maximum atomic E-state index is 10.8. The van der Waals surface area contributed by atoms with Crippen molar-refractivity contribution in [1.29, 1.82) is 0 Å². The molecule has 0 aromatic carbocycles. The van der Waals surface area contributed by atoms with E-state index in [2.05, 4.69) is 16.9 Å². The van der Waals surface area contributed by atoms with E-state index in [1.54, 1.807) is 6.20 Å². The highest BCUT2D eigenvalue weighted by Gasteiger charge is 2.03. The summed E-state index contributed by atoms with van der Waals surface area (Å²) >= 11 is 0. The summed E-state index contributed by atoms with van der Waals surface area (Å²) in [5.74, 6) is 1.11. The average Bonchev–Trinajstić information content (AvgIpc) is 2.03. The molecule has 0 bridgehead atoms. The summed E-state index contributed by atoms with van der Waals surface area (Å²) in [4.78, 5) is 17.6. The van der Waals surface area contributed by atoms with Crippen molar-refractivity contribution in [3.05, 3.63) is 28.4 Å². The Kier molecular flexibility index (Phi) is 2.41. The van der Waals surface area contributed by atoms with E-state index in [1.807, 2.05) is 6.92 Å². The van der Waals surface area contributed by atoms with Gasteiger partial charge in [-0.1, -0.05) is 13.8 Å². The molecule has 0 radical (unpaired) electrons. The van der Waals surface area contributed by atoms with Crippen LogP contribution >= 0.6 is 0 Å². The molecule has 1 aromatic rings. The molecule has 1 unspecified atom stereocenters. The van der Waals surface area contributed by atoms with Crippen molar-refractivity contribution in [2.45, 2.75) is 26.2 Å². The Morgan fingerprint density at radius 2 is 2.45 bits per heavy atom. The van der Waals surface area contributed by atoms with Crippen LogP contribution in [-0.2, 0) is 0 Å². The van der Waals surface area contributed by atoms with Gasteiger partial charge in [-0.3, -0.25) is 4.79 Å². The minimum atomic E-state index is -0.0738. The lowest BCUT2D eigenvalue weighted by atomic mass is 10.1. The first-order valence-corrected chi connectivity index (χ1v) is 3.79. The second kappa shape index (κ2) is 3.32. The number of H-pyrrole nitrogens is 1. The van der Waals surface area contributed by atoms with Gasteiger partial charge in [0.05, 0.1) is 0 Å². The van der Waals surface area contributed by atoms with E-state index in [9.17, 15) is 4.79 Å². The Morgan fingerprint density at radius 1 is 1.73 bits per heavy atom. The Balaban J connectivity index is 2.96. The summed E-state index contributed by atoms with van der Waals surface area (Å²) in [6, 6.07) is 1.42. The topological polar surface area (TPSA) is 45.8 Å². The fourth-order valence-electron chi connectivity index (χ4n) is 0.829. The van der Waals surface area contributed by atoms with E-state index >= 15 is 0 Å². The summed E-state index contributed by atoms with van der Waals surface area (Å²) in [7, 11) is 0. The first-order chi connectivity index (χ1) is 5.24. The fraction of sp³-hybridized carbons (Fsp3) is 0.500. The zero-order valence-corrected chi connectivity index (χ0v) is 6.79. The SMILES string of the molecule is CCC(C)c1nccc(=O)[nH]1. The normalized spacial score (nSPS) is 12.9. The maximum Gasteiger partial charge on any atom is 0.250 e. The zero-order valence-electron chi connectivity index (χ0n) is 6.79. The second-order valence-corrected chi connectivity index (χ2v) is 2.63. The molecule has 1 N–H and O–H groups in total. The predicted octanol–water partition coefficient (Wildman–Crippen LogP) is 1.28. The van der Waals surface area contributed by atoms with Crippen molar-refractivity contribution in [2.75, 3.05) is 0 Å². The molecule has 0 amide bonds. The van der Waals surface area contributed by atoms with Gasteiger partial charge >= 0.3 is 0 Å². The van der Waals surface area contributed by atoms with Crippen LogP contribution in [0.2, 0.25) is 0 Å². The third kappa shape index (κ3) is 1.90. The minimum absolute atomic E-state index is 0.0738. The highest BCUT2D eigenvalue weighted by molar-refractivity contribution is 4.94. The molecule has 0 fully saturated rings. The maximum absolute atomic E-state index is 10.8. The Labute approximate surface area is 65.5 Å². The standard InChI is InChI=1S/C8H12N2O/c1-3-6(2)8-9-5-4-7(11)10-8/h4-6H,3H2,1-2H3,(H,9,10,11). The Morgan fingerprint density at radius 3 is 3.00 bits per heavy atom. The highest BCUT2D eigenvalue weighted by atomic mass is 16.1. The molecule has 0 aliphatic heterocycles. The summed E-state index contributed by atoms with van der Waals surface area (Å²) in [6.07, 6.45) is 2.54. The number of nitrogens with one attached hydrogen (secondary N) is 1. The van der Waals surface area contributed by atoms with Crippen LogP contribution in [0.15, 0.2) is 17.1 Å². The number of hydrogen-bond acceptors (Lipinski definition) is 2. The lowest BCUT2D eigenvalue weighted by molar-refractivity contribution is 0.674. The lowest BCUT2D eigenvalue weighted by Crippen LogP contribution is -2.10. The van der Waals surface area contributed by atoms with Crippen molar-refractivity contribution in [2.24, 2.45) is 0 Å². The number of rotatable bonds is 2. The van der Waals surface area contributed by atoms with Crippen molar-refractivity contribution >= 4 is 0 Å². The van der Waals surface area contributed by atoms with Gasteiger partial charge in [-0.25, -0.2) is 4.98 Å². The van der Waals surface area contributed by atoms with Gasteiger partial charge < -0.3 is 4.98 Å². The third-order valence-corrected chi connectivity index (χ3v) is 1.77. The van der Waals surface area contributed by atoms with Crippen LogP contribution in [-0.4, -0.2) is 9.97 Å². The van der Waals surface area contributed by atoms with E-state index in [0.717, 1.165) is 12.2 Å². The van der Waals surface area contributed by atoms with Gasteiger partial charge in [0.1, 0.15) is 5.82 Å². The van der Waals surface area contributed by atoms with Gasteiger partial charge in [-0.15, -0.1) is 0 Å². The quantitative estimate of drug-likeness (QED) is 0.693. The number of nitrogens with zero attached hydrogens (tertiary/aromatic N) is 1. The van der Waals surface area contributed by atoms with Gasteiger partial charge in [0.25, 0.3) is 5.56 Å².